The number of hydrogen-bond donors (Lipinski definition) is 1. The second-order valence-electron chi connectivity index (χ2n) is 5.25. The SMILES string of the molecule is CCC(CCCSc1nnc2n1CCCCC2)NC. The van der Waals surface area contributed by atoms with Gasteiger partial charge in [0, 0.05) is 24.8 Å². The molecule has 0 aromatic carbocycles. The maximum Gasteiger partial charge on any atom is 0.191 e. The first-order chi connectivity index (χ1) is 9.35. The second-order valence-corrected chi connectivity index (χ2v) is 6.31. The van der Waals surface area contributed by atoms with Gasteiger partial charge in [-0.05, 0) is 39.2 Å². The van der Waals surface area contributed by atoms with Gasteiger partial charge in [-0.15, -0.1) is 10.2 Å². The Labute approximate surface area is 120 Å². The van der Waals surface area contributed by atoms with Crippen LogP contribution in [0.15, 0.2) is 5.16 Å². The average Bonchev–Trinajstić information content (AvgIpc) is 2.67. The van der Waals surface area contributed by atoms with Crippen molar-refractivity contribution in [3.8, 4) is 0 Å². The van der Waals surface area contributed by atoms with Crippen LogP contribution in [0, 0.1) is 0 Å². The molecule has 0 fully saturated rings. The predicted octanol–water partition coefficient (Wildman–Crippen LogP) is 2.87. The Hall–Kier alpha value is -0.550. The second kappa shape index (κ2) is 7.90. The van der Waals surface area contributed by atoms with Crippen molar-refractivity contribution < 1.29 is 0 Å². The van der Waals surface area contributed by atoms with Crippen LogP contribution in [-0.4, -0.2) is 33.6 Å². The molecule has 1 aliphatic rings. The molecule has 1 aromatic heterocycles. The van der Waals surface area contributed by atoms with Crippen LogP contribution in [0.1, 0.15) is 51.3 Å². The Kier molecular flexibility index (Phi) is 6.17. The van der Waals surface area contributed by atoms with Gasteiger partial charge < -0.3 is 9.88 Å². The van der Waals surface area contributed by atoms with Crippen LogP contribution in [0.5, 0.6) is 0 Å². The van der Waals surface area contributed by atoms with Crippen molar-refractivity contribution in [2.24, 2.45) is 0 Å². The van der Waals surface area contributed by atoms with Gasteiger partial charge in [0.25, 0.3) is 0 Å². The van der Waals surface area contributed by atoms with Crippen molar-refractivity contribution in [3.63, 3.8) is 0 Å². The maximum absolute atomic E-state index is 4.36. The maximum atomic E-state index is 4.36. The molecule has 4 nitrogen and oxygen atoms in total. The highest BCUT2D eigenvalue weighted by Gasteiger charge is 2.14. The molecule has 0 saturated carbocycles. The molecular weight excluding hydrogens is 256 g/mol. The van der Waals surface area contributed by atoms with Gasteiger partial charge in [-0.2, -0.15) is 0 Å². The molecule has 108 valence electrons. The normalized spacial score (nSPS) is 16.9. The molecule has 0 saturated heterocycles. The lowest BCUT2D eigenvalue weighted by atomic mass is 10.1. The van der Waals surface area contributed by atoms with Gasteiger partial charge in [0.15, 0.2) is 5.16 Å². The van der Waals surface area contributed by atoms with E-state index in [-0.39, 0.29) is 0 Å². The topological polar surface area (TPSA) is 42.7 Å². The van der Waals surface area contributed by atoms with Crippen molar-refractivity contribution in [1.82, 2.24) is 20.1 Å². The molecule has 2 heterocycles. The first kappa shape index (κ1) is 14.9. The molecule has 1 unspecified atom stereocenters. The first-order valence-corrected chi connectivity index (χ1v) is 8.55. The Morgan fingerprint density at radius 1 is 1.32 bits per heavy atom. The summed E-state index contributed by atoms with van der Waals surface area (Å²) in [6.07, 6.45) is 8.67. The summed E-state index contributed by atoms with van der Waals surface area (Å²) in [6.45, 7) is 3.35. The predicted molar refractivity (Wildman–Crippen MR) is 80.7 cm³/mol. The van der Waals surface area contributed by atoms with Gasteiger partial charge in [0.2, 0.25) is 0 Å². The van der Waals surface area contributed by atoms with Crippen molar-refractivity contribution in [1.29, 1.82) is 0 Å². The smallest absolute Gasteiger partial charge is 0.191 e. The van der Waals surface area contributed by atoms with E-state index < -0.39 is 0 Å². The summed E-state index contributed by atoms with van der Waals surface area (Å²) in [5, 5.41) is 13.2. The van der Waals surface area contributed by atoms with E-state index in [2.05, 4.69) is 34.1 Å². The molecule has 19 heavy (non-hydrogen) atoms. The van der Waals surface area contributed by atoms with Gasteiger partial charge in [-0.25, -0.2) is 0 Å². The van der Waals surface area contributed by atoms with Crippen LogP contribution in [0.3, 0.4) is 0 Å². The summed E-state index contributed by atoms with van der Waals surface area (Å²) in [6, 6.07) is 0.663. The lowest BCUT2D eigenvalue weighted by Gasteiger charge is -2.13. The minimum atomic E-state index is 0.663. The number of hydrogen-bond acceptors (Lipinski definition) is 4. The molecule has 1 aromatic rings. The highest BCUT2D eigenvalue weighted by atomic mass is 32.2. The molecule has 0 spiro atoms. The van der Waals surface area contributed by atoms with Crippen LogP contribution >= 0.6 is 11.8 Å². The number of rotatable bonds is 7. The summed E-state index contributed by atoms with van der Waals surface area (Å²) in [7, 11) is 2.06. The van der Waals surface area contributed by atoms with E-state index in [4.69, 9.17) is 0 Å². The fraction of sp³-hybridized carbons (Fsp3) is 0.857. The zero-order chi connectivity index (χ0) is 13.5. The molecule has 1 atom stereocenters. The highest BCUT2D eigenvalue weighted by Crippen LogP contribution is 2.22. The number of fused-ring (bicyclic) bond motifs is 1. The summed E-state index contributed by atoms with van der Waals surface area (Å²) in [5.74, 6) is 2.35. The molecule has 5 heteroatoms. The van der Waals surface area contributed by atoms with Gasteiger partial charge in [-0.3, -0.25) is 0 Å². The van der Waals surface area contributed by atoms with Crippen LogP contribution in [0.2, 0.25) is 0 Å². The van der Waals surface area contributed by atoms with Gasteiger partial charge >= 0.3 is 0 Å². The first-order valence-electron chi connectivity index (χ1n) is 7.57. The van der Waals surface area contributed by atoms with Crippen LogP contribution in [-0.2, 0) is 13.0 Å². The molecule has 1 aliphatic heterocycles. The van der Waals surface area contributed by atoms with E-state index >= 15 is 0 Å². The van der Waals surface area contributed by atoms with Crippen molar-refractivity contribution in [2.75, 3.05) is 12.8 Å². The third-order valence-electron chi connectivity index (χ3n) is 3.90. The Morgan fingerprint density at radius 3 is 3.00 bits per heavy atom. The molecule has 0 radical (unpaired) electrons. The van der Waals surface area contributed by atoms with Crippen LogP contribution in [0.4, 0.5) is 0 Å². The number of thioether (sulfide) groups is 1. The standard InChI is InChI=1S/C14H26N4S/c1-3-12(15-2)8-7-11-19-14-17-16-13-9-5-4-6-10-18(13)14/h12,15H,3-11H2,1-2H3. The average molecular weight is 282 g/mol. The Bertz CT molecular complexity index is 374. The lowest BCUT2D eigenvalue weighted by Crippen LogP contribution is -2.23. The fourth-order valence-electron chi connectivity index (χ4n) is 2.61. The molecular formula is C14H26N4S. The number of nitrogens with zero attached hydrogens (tertiary/aromatic N) is 3. The van der Waals surface area contributed by atoms with E-state index in [1.165, 1.54) is 44.3 Å². The van der Waals surface area contributed by atoms with E-state index in [9.17, 15) is 0 Å². The zero-order valence-corrected chi connectivity index (χ0v) is 13.0. The van der Waals surface area contributed by atoms with E-state index in [1.807, 2.05) is 11.8 Å². The summed E-state index contributed by atoms with van der Waals surface area (Å²) < 4.78 is 2.34. The third-order valence-corrected chi connectivity index (χ3v) is 4.96. The summed E-state index contributed by atoms with van der Waals surface area (Å²) in [5.41, 5.74) is 0. The van der Waals surface area contributed by atoms with E-state index in [1.54, 1.807) is 0 Å². The quantitative estimate of drug-likeness (QED) is 0.617. The minimum Gasteiger partial charge on any atom is -0.317 e. The molecule has 0 amide bonds. The third kappa shape index (κ3) is 4.21. The Morgan fingerprint density at radius 2 is 2.21 bits per heavy atom. The summed E-state index contributed by atoms with van der Waals surface area (Å²) in [4.78, 5) is 0. The lowest BCUT2D eigenvalue weighted by molar-refractivity contribution is 0.504. The van der Waals surface area contributed by atoms with Gasteiger partial charge in [0.1, 0.15) is 5.82 Å². The minimum absolute atomic E-state index is 0.663. The molecule has 2 rings (SSSR count). The van der Waals surface area contributed by atoms with Crippen molar-refractivity contribution >= 4 is 11.8 Å². The van der Waals surface area contributed by atoms with Gasteiger partial charge in [0.05, 0.1) is 0 Å². The molecule has 0 aliphatic carbocycles. The van der Waals surface area contributed by atoms with Crippen molar-refractivity contribution in [2.45, 2.75) is 69.6 Å². The number of nitrogens with one attached hydrogen (secondary N) is 1. The number of aromatic nitrogens is 3. The molecule has 0 bridgehead atoms. The van der Waals surface area contributed by atoms with Crippen LogP contribution in [0.25, 0.3) is 0 Å². The molecule has 1 N–H and O–H groups in total. The van der Waals surface area contributed by atoms with E-state index in [0.717, 1.165) is 23.9 Å². The van der Waals surface area contributed by atoms with Crippen LogP contribution < -0.4 is 5.32 Å². The van der Waals surface area contributed by atoms with E-state index in [0.29, 0.717) is 6.04 Å². The Balaban J connectivity index is 1.78. The zero-order valence-electron chi connectivity index (χ0n) is 12.2. The fourth-order valence-corrected chi connectivity index (χ4v) is 3.56. The largest absolute Gasteiger partial charge is 0.317 e. The number of aryl methyl sites for hydroxylation is 1. The monoisotopic (exact) mass is 282 g/mol. The van der Waals surface area contributed by atoms with Gasteiger partial charge in [-0.1, -0.05) is 25.1 Å². The summed E-state index contributed by atoms with van der Waals surface area (Å²) >= 11 is 1.88. The highest BCUT2D eigenvalue weighted by molar-refractivity contribution is 7.99. The van der Waals surface area contributed by atoms with Crippen molar-refractivity contribution in [3.05, 3.63) is 5.82 Å².